The molecule has 1 rings (SSSR count). The molecule has 1 N–H and O–H groups in total. The van der Waals surface area contributed by atoms with Crippen LogP contribution in [0.5, 0.6) is 0 Å². The fraction of sp³-hybridized carbons (Fsp3) is 1.00. The van der Waals surface area contributed by atoms with Crippen molar-refractivity contribution in [1.82, 2.24) is 4.90 Å². The molecular weight excluding hydrogens is 186 g/mol. The predicted octanol–water partition coefficient (Wildman–Crippen LogP) is 2.52. The molecule has 90 valence electrons. The SMILES string of the molecule is CCCC(C)(CO)CN(C)CC1CCC1. The molecule has 0 amide bonds. The molecule has 1 atom stereocenters. The lowest BCUT2D eigenvalue weighted by Crippen LogP contribution is -2.39. The highest BCUT2D eigenvalue weighted by Gasteiger charge is 2.26. The Hall–Kier alpha value is -0.0800. The number of aliphatic hydroxyl groups excluding tert-OH is 1. The van der Waals surface area contributed by atoms with Gasteiger partial charge in [-0.3, -0.25) is 0 Å². The van der Waals surface area contributed by atoms with Crippen molar-refractivity contribution in [2.24, 2.45) is 11.3 Å². The number of nitrogens with zero attached hydrogens (tertiary/aromatic N) is 1. The quantitative estimate of drug-likeness (QED) is 0.702. The second kappa shape index (κ2) is 5.86. The first-order valence-electron chi connectivity index (χ1n) is 6.39. The van der Waals surface area contributed by atoms with Crippen LogP contribution in [-0.2, 0) is 0 Å². The lowest BCUT2D eigenvalue weighted by atomic mass is 9.83. The third-order valence-electron chi connectivity index (χ3n) is 3.68. The first-order valence-corrected chi connectivity index (χ1v) is 6.39. The van der Waals surface area contributed by atoms with E-state index in [2.05, 4.69) is 25.8 Å². The van der Waals surface area contributed by atoms with Crippen molar-refractivity contribution in [2.75, 3.05) is 26.7 Å². The Morgan fingerprint density at radius 2 is 2.07 bits per heavy atom. The largest absolute Gasteiger partial charge is 0.396 e. The highest BCUT2D eigenvalue weighted by atomic mass is 16.3. The van der Waals surface area contributed by atoms with Crippen LogP contribution in [0.15, 0.2) is 0 Å². The monoisotopic (exact) mass is 213 g/mol. The number of hydrogen-bond donors (Lipinski definition) is 1. The first kappa shape index (κ1) is 13.0. The summed E-state index contributed by atoms with van der Waals surface area (Å²) in [6.07, 6.45) is 6.53. The molecule has 1 saturated carbocycles. The predicted molar refractivity (Wildman–Crippen MR) is 64.9 cm³/mol. The Morgan fingerprint density at radius 1 is 1.40 bits per heavy atom. The summed E-state index contributed by atoms with van der Waals surface area (Å²) in [6.45, 7) is 6.97. The van der Waals surface area contributed by atoms with Gasteiger partial charge in [-0.05, 0) is 32.2 Å². The van der Waals surface area contributed by atoms with Crippen LogP contribution in [0.3, 0.4) is 0 Å². The molecule has 0 saturated heterocycles. The molecule has 0 spiro atoms. The van der Waals surface area contributed by atoms with E-state index in [1.54, 1.807) is 0 Å². The minimum absolute atomic E-state index is 0.104. The van der Waals surface area contributed by atoms with Gasteiger partial charge < -0.3 is 10.0 Å². The Kier molecular flexibility index (Phi) is 5.07. The third-order valence-corrected chi connectivity index (χ3v) is 3.68. The second-order valence-electron chi connectivity index (χ2n) is 5.71. The van der Waals surface area contributed by atoms with Crippen molar-refractivity contribution in [3.8, 4) is 0 Å². The number of rotatable bonds is 7. The van der Waals surface area contributed by atoms with Crippen molar-refractivity contribution in [3.05, 3.63) is 0 Å². The van der Waals surface area contributed by atoms with E-state index in [4.69, 9.17) is 0 Å². The van der Waals surface area contributed by atoms with E-state index in [9.17, 15) is 5.11 Å². The summed E-state index contributed by atoms with van der Waals surface area (Å²) in [5, 5.41) is 9.44. The standard InChI is InChI=1S/C13H27NO/c1-4-8-13(2,11-15)10-14(3)9-12-6-5-7-12/h12,15H,4-11H2,1-3H3. The van der Waals surface area contributed by atoms with E-state index < -0.39 is 0 Å². The lowest BCUT2D eigenvalue weighted by molar-refractivity contribution is 0.0768. The normalized spacial score (nSPS) is 21.4. The maximum Gasteiger partial charge on any atom is 0.0497 e. The smallest absolute Gasteiger partial charge is 0.0497 e. The molecule has 0 aliphatic heterocycles. The fourth-order valence-electron chi connectivity index (χ4n) is 2.64. The van der Waals surface area contributed by atoms with Gasteiger partial charge >= 0.3 is 0 Å². The highest BCUT2D eigenvalue weighted by Crippen LogP contribution is 2.29. The Balaban J connectivity index is 2.28. The highest BCUT2D eigenvalue weighted by molar-refractivity contribution is 4.79. The van der Waals surface area contributed by atoms with Crippen molar-refractivity contribution in [3.63, 3.8) is 0 Å². The summed E-state index contributed by atoms with van der Waals surface area (Å²) < 4.78 is 0. The zero-order valence-electron chi connectivity index (χ0n) is 10.6. The molecule has 1 aliphatic rings. The minimum atomic E-state index is 0.104. The third kappa shape index (κ3) is 4.12. The van der Waals surface area contributed by atoms with E-state index >= 15 is 0 Å². The molecule has 1 unspecified atom stereocenters. The van der Waals surface area contributed by atoms with Gasteiger partial charge in [0.15, 0.2) is 0 Å². The summed E-state index contributed by atoms with van der Waals surface area (Å²) in [4.78, 5) is 2.41. The molecule has 0 heterocycles. The summed E-state index contributed by atoms with van der Waals surface area (Å²) in [6, 6.07) is 0. The molecule has 2 heteroatoms. The summed E-state index contributed by atoms with van der Waals surface area (Å²) in [5.74, 6) is 0.930. The first-order chi connectivity index (χ1) is 7.09. The maximum atomic E-state index is 9.44. The Morgan fingerprint density at radius 3 is 2.47 bits per heavy atom. The van der Waals surface area contributed by atoms with Crippen LogP contribution in [0, 0.1) is 11.3 Å². The molecule has 1 fully saturated rings. The van der Waals surface area contributed by atoms with Gasteiger partial charge in [0.1, 0.15) is 0 Å². The number of aliphatic hydroxyl groups is 1. The van der Waals surface area contributed by atoms with Gasteiger partial charge in [0.2, 0.25) is 0 Å². The molecule has 0 aromatic carbocycles. The van der Waals surface area contributed by atoms with Gasteiger partial charge in [0, 0.05) is 25.1 Å². The average molecular weight is 213 g/mol. The molecule has 0 radical (unpaired) electrons. The van der Waals surface area contributed by atoms with E-state index in [0.717, 1.165) is 25.3 Å². The van der Waals surface area contributed by atoms with Crippen molar-refractivity contribution < 1.29 is 5.11 Å². The summed E-state index contributed by atoms with van der Waals surface area (Å²) >= 11 is 0. The van der Waals surface area contributed by atoms with Crippen LogP contribution >= 0.6 is 0 Å². The molecular formula is C13H27NO. The van der Waals surface area contributed by atoms with Gasteiger partial charge in [-0.25, -0.2) is 0 Å². The maximum absolute atomic E-state index is 9.44. The van der Waals surface area contributed by atoms with Crippen LogP contribution in [-0.4, -0.2) is 36.8 Å². The van der Waals surface area contributed by atoms with Crippen LogP contribution in [0.1, 0.15) is 46.0 Å². The molecule has 2 nitrogen and oxygen atoms in total. The van der Waals surface area contributed by atoms with Crippen LogP contribution in [0.4, 0.5) is 0 Å². The zero-order valence-corrected chi connectivity index (χ0v) is 10.6. The summed E-state index contributed by atoms with van der Waals surface area (Å²) in [5.41, 5.74) is 0.104. The lowest BCUT2D eigenvalue weighted by Gasteiger charge is -2.36. The Bertz CT molecular complexity index is 179. The van der Waals surface area contributed by atoms with Gasteiger partial charge in [-0.15, -0.1) is 0 Å². The number of hydrogen-bond acceptors (Lipinski definition) is 2. The minimum Gasteiger partial charge on any atom is -0.396 e. The van der Waals surface area contributed by atoms with Crippen LogP contribution in [0.2, 0.25) is 0 Å². The van der Waals surface area contributed by atoms with Crippen LogP contribution < -0.4 is 0 Å². The zero-order chi connectivity index (χ0) is 11.3. The van der Waals surface area contributed by atoms with E-state index in [1.807, 2.05) is 0 Å². The Labute approximate surface area is 94.7 Å². The van der Waals surface area contributed by atoms with E-state index in [0.29, 0.717) is 6.61 Å². The van der Waals surface area contributed by atoms with Crippen molar-refractivity contribution in [2.45, 2.75) is 46.0 Å². The molecule has 15 heavy (non-hydrogen) atoms. The van der Waals surface area contributed by atoms with Gasteiger partial charge in [0.05, 0.1) is 0 Å². The molecule has 0 bridgehead atoms. The van der Waals surface area contributed by atoms with Crippen LogP contribution in [0.25, 0.3) is 0 Å². The van der Waals surface area contributed by atoms with Gasteiger partial charge in [-0.1, -0.05) is 26.7 Å². The molecule has 0 aromatic heterocycles. The van der Waals surface area contributed by atoms with Crippen molar-refractivity contribution in [1.29, 1.82) is 0 Å². The van der Waals surface area contributed by atoms with E-state index in [1.165, 1.54) is 25.8 Å². The average Bonchev–Trinajstić information content (AvgIpc) is 2.12. The van der Waals surface area contributed by atoms with Gasteiger partial charge in [0.25, 0.3) is 0 Å². The van der Waals surface area contributed by atoms with E-state index in [-0.39, 0.29) is 5.41 Å². The second-order valence-corrected chi connectivity index (χ2v) is 5.71. The molecule has 0 aromatic rings. The van der Waals surface area contributed by atoms with Crippen molar-refractivity contribution >= 4 is 0 Å². The van der Waals surface area contributed by atoms with Gasteiger partial charge in [-0.2, -0.15) is 0 Å². The topological polar surface area (TPSA) is 23.5 Å². The molecule has 1 aliphatic carbocycles. The summed E-state index contributed by atoms with van der Waals surface area (Å²) in [7, 11) is 2.20. The fourth-order valence-corrected chi connectivity index (χ4v) is 2.64.